The van der Waals surface area contributed by atoms with E-state index in [2.05, 4.69) is 15.3 Å². The third kappa shape index (κ3) is 4.49. The molecule has 0 fully saturated rings. The predicted octanol–water partition coefficient (Wildman–Crippen LogP) is 4.77. The molecule has 0 aliphatic heterocycles. The van der Waals surface area contributed by atoms with Gasteiger partial charge in [0.2, 0.25) is 0 Å². The minimum absolute atomic E-state index is 0.172. The van der Waals surface area contributed by atoms with Crippen LogP contribution in [0.3, 0.4) is 0 Å². The molecule has 1 heterocycles. The van der Waals surface area contributed by atoms with E-state index >= 15 is 0 Å². The van der Waals surface area contributed by atoms with Crippen LogP contribution in [0.1, 0.15) is 37.8 Å². The number of nitrogens with one attached hydrogen (secondary N) is 1. The smallest absolute Gasteiger partial charge is 0.255 e. The monoisotopic (exact) mass is 424 g/mol. The Kier molecular flexibility index (Phi) is 5.94. The highest BCUT2D eigenvalue weighted by molar-refractivity contribution is 6.05. The van der Waals surface area contributed by atoms with Crippen molar-refractivity contribution in [3.63, 3.8) is 0 Å². The van der Waals surface area contributed by atoms with Crippen molar-refractivity contribution < 1.29 is 9.59 Å². The highest BCUT2D eigenvalue weighted by atomic mass is 16.2. The van der Waals surface area contributed by atoms with Crippen molar-refractivity contribution in [1.82, 2.24) is 14.9 Å². The fourth-order valence-electron chi connectivity index (χ4n) is 3.54. The number of aryl methyl sites for hydroxylation is 2. The van der Waals surface area contributed by atoms with Crippen LogP contribution >= 0.6 is 0 Å². The van der Waals surface area contributed by atoms with E-state index in [4.69, 9.17) is 0 Å². The van der Waals surface area contributed by atoms with E-state index in [9.17, 15) is 9.59 Å². The van der Waals surface area contributed by atoms with Crippen LogP contribution in [0.5, 0.6) is 0 Å². The molecule has 6 nitrogen and oxygen atoms in total. The van der Waals surface area contributed by atoms with Gasteiger partial charge in [0.15, 0.2) is 0 Å². The van der Waals surface area contributed by atoms with Crippen LogP contribution in [0.2, 0.25) is 0 Å². The maximum atomic E-state index is 13.1. The first-order valence-electron chi connectivity index (χ1n) is 10.4. The first-order chi connectivity index (χ1) is 15.4. The molecule has 0 spiro atoms. The molecular weight excluding hydrogens is 400 g/mol. The second-order valence-corrected chi connectivity index (χ2v) is 7.75. The number of carbonyl (C=O) groups is 2. The quantitative estimate of drug-likeness (QED) is 0.501. The Morgan fingerprint density at radius 3 is 2.38 bits per heavy atom. The normalized spacial score (nSPS) is 10.7. The van der Waals surface area contributed by atoms with Crippen molar-refractivity contribution in [2.75, 3.05) is 12.4 Å². The standard InChI is InChI=1S/C26H24N4O2/c1-17-13-14-20(15-23(17)29-25(31)19-9-5-4-6-10-19)26(32)30(3)16-24-27-18(2)21-11-7-8-12-22(21)28-24/h4-15H,16H2,1-3H3,(H,29,31). The first-order valence-corrected chi connectivity index (χ1v) is 10.4. The maximum absolute atomic E-state index is 13.1. The molecule has 6 heteroatoms. The van der Waals surface area contributed by atoms with Crippen LogP contribution in [-0.4, -0.2) is 33.7 Å². The molecule has 32 heavy (non-hydrogen) atoms. The fraction of sp³-hybridized carbons (Fsp3) is 0.154. The lowest BCUT2D eigenvalue weighted by molar-refractivity contribution is 0.0781. The van der Waals surface area contributed by atoms with E-state index in [0.717, 1.165) is 22.2 Å². The van der Waals surface area contributed by atoms with Crippen molar-refractivity contribution in [2.24, 2.45) is 0 Å². The summed E-state index contributed by atoms with van der Waals surface area (Å²) in [6.07, 6.45) is 0. The Morgan fingerprint density at radius 2 is 1.59 bits per heavy atom. The number of rotatable bonds is 5. The molecule has 0 aliphatic carbocycles. The highest BCUT2D eigenvalue weighted by Gasteiger charge is 2.16. The largest absolute Gasteiger partial charge is 0.334 e. The Hall–Kier alpha value is -4.06. The number of amides is 2. The van der Waals surface area contributed by atoms with Gasteiger partial charge in [-0.3, -0.25) is 9.59 Å². The topological polar surface area (TPSA) is 75.2 Å². The van der Waals surface area contributed by atoms with Gasteiger partial charge < -0.3 is 10.2 Å². The molecule has 160 valence electrons. The molecule has 1 N–H and O–H groups in total. The minimum atomic E-state index is -0.216. The number of carbonyl (C=O) groups excluding carboxylic acids is 2. The average molecular weight is 425 g/mol. The van der Waals surface area contributed by atoms with E-state index < -0.39 is 0 Å². The molecular formula is C26H24N4O2. The zero-order valence-electron chi connectivity index (χ0n) is 18.3. The van der Waals surface area contributed by atoms with Gasteiger partial charge in [0.05, 0.1) is 12.1 Å². The van der Waals surface area contributed by atoms with Gasteiger partial charge in [0, 0.05) is 34.9 Å². The molecule has 0 saturated carbocycles. The van der Waals surface area contributed by atoms with Crippen LogP contribution in [0.15, 0.2) is 72.8 Å². The van der Waals surface area contributed by atoms with Crippen molar-refractivity contribution in [3.05, 3.63) is 101 Å². The van der Waals surface area contributed by atoms with Gasteiger partial charge in [-0.05, 0) is 49.7 Å². The van der Waals surface area contributed by atoms with E-state index in [0.29, 0.717) is 22.6 Å². The SMILES string of the molecule is Cc1ccc(C(=O)N(C)Cc2nc(C)c3ccccc3n2)cc1NC(=O)c1ccccc1. The van der Waals surface area contributed by atoms with Gasteiger partial charge in [0.25, 0.3) is 11.8 Å². The molecule has 1 aromatic heterocycles. The van der Waals surface area contributed by atoms with Crippen LogP contribution < -0.4 is 5.32 Å². The summed E-state index contributed by atoms with van der Waals surface area (Å²) in [5.41, 5.74) is 4.27. The number of benzene rings is 3. The summed E-state index contributed by atoms with van der Waals surface area (Å²) in [6.45, 7) is 4.12. The second kappa shape index (κ2) is 8.98. The molecule has 2 amide bonds. The van der Waals surface area contributed by atoms with E-state index in [-0.39, 0.29) is 18.4 Å². The molecule has 0 bridgehead atoms. The molecule has 0 aliphatic rings. The average Bonchev–Trinajstić information content (AvgIpc) is 2.80. The fourth-order valence-corrected chi connectivity index (χ4v) is 3.54. The third-order valence-corrected chi connectivity index (χ3v) is 5.33. The van der Waals surface area contributed by atoms with Crippen molar-refractivity contribution >= 4 is 28.4 Å². The Bertz CT molecular complexity index is 1300. The number of para-hydroxylation sites is 1. The summed E-state index contributed by atoms with van der Waals surface area (Å²) in [5, 5.41) is 3.91. The second-order valence-electron chi connectivity index (χ2n) is 7.75. The number of hydrogen-bond acceptors (Lipinski definition) is 4. The van der Waals surface area contributed by atoms with Crippen molar-refractivity contribution in [2.45, 2.75) is 20.4 Å². The van der Waals surface area contributed by atoms with Gasteiger partial charge in [-0.15, -0.1) is 0 Å². The third-order valence-electron chi connectivity index (χ3n) is 5.33. The Morgan fingerprint density at radius 1 is 0.875 bits per heavy atom. The molecule has 3 aromatic carbocycles. The molecule has 0 radical (unpaired) electrons. The maximum Gasteiger partial charge on any atom is 0.255 e. The van der Waals surface area contributed by atoms with E-state index in [1.54, 1.807) is 36.2 Å². The van der Waals surface area contributed by atoms with Gasteiger partial charge in [-0.25, -0.2) is 9.97 Å². The Labute approximate surface area is 186 Å². The summed E-state index contributed by atoms with van der Waals surface area (Å²) in [6, 6.07) is 22.1. The van der Waals surface area contributed by atoms with Crippen molar-refractivity contribution in [3.8, 4) is 0 Å². The van der Waals surface area contributed by atoms with Crippen LogP contribution in [0, 0.1) is 13.8 Å². The summed E-state index contributed by atoms with van der Waals surface area (Å²) in [5.74, 6) is 0.197. The number of fused-ring (bicyclic) bond motifs is 1. The lowest BCUT2D eigenvalue weighted by atomic mass is 10.1. The zero-order valence-corrected chi connectivity index (χ0v) is 18.3. The van der Waals surface area contributed by atoms with Crippen LogP contribution in [-0.2, 0) is 6.54 Å². The van der Waals surface area contributed by atoms with Gasteiger partial charge >= 0.3 is 0 Å². The molecule has 0 saturated heterocycles. The lowest BCUT2D eigenvalue weighted by Gasteiger charge is -2.18. The van der Waals surface area contributed by atoms with E-state index in [1.165, 1.54) is 0 Å². The molecule has 0 unspecified atom stereocenters. The number of aromatic nitrogens is 2. The minimum Gasteiger partial charge on any atom is -0.334 e. The predicted molar refractivity (Wildman–Crippen MR) is 126 cm³/mol. The number of hydrogen-bond donors (Lipinski definition) is 1. The molecule has 4 rings (SSSR count). The lowest BCUT2D eigenvalue weighted by Crippen LogP contribution is -2.27. The number of anilines is 1. The highest BCUT2D eigenvalue weighted by Crippen LogP contribution is 2.20. The summed E-state index contributed by atoms with van der Waals surface area (Å²) in [4.78, 5) is 36.3. The first kappa shape index (κ1) is 21.2. The van der Waals surface area contributed by atoms with Gasteiger partial charge in [-0.1, -0.05) is 42.5 Å². The van der Waals surface area contributed by atoms with Crippen LogP contribution in [0.4, 0.5) is 5.69 Å². The summed E-state index contributed by atoms with van der Waals surface area (Å²) < 4.78 is 0. The molecule has 0 atom stereocenters. The van der Waals surface area contributed by atoms with Gasteiger partial charge in [0.1, 0.15) is 5.82 Å². The zero-order chi connectivity index (χ0) is 22.7. The van der Waals surface area contributed by atoms with E-state index in [1.807, 2.05) is 62.4 Å². The molecule has 4 aromatic rings. The number of nitrogens with zero attached hydrogens (tertiary/aromatic N) is 3. The summed E-state index contributed by atoms with van der Waals surface area (Å²) in [7, 11) is 1.72. The van der Waals surface area contributed by atoms with Crippen LogP contribution in [0.25, 0.3) is 10.9 Å². The summed E-state index contributed by atoms with van der Waals surface area (Å²) >= 11 is 0. The Balaban J connectivity index is 1.53. The van der Waals surface area contributed by atoms with Gasteiger partial charge in [-0.2, -0.15) is 0 Å². The van der Waals surface area contributed by atoms with Crippen molar-refractivity contribution in [1.29, 1.82) is 0 Å².